The molecule has 1 aromatic carbocycles. The molecule has 0 unspecified atom stereocenters. The molecule has 0 atom stereocenters. The van der Waals surface area contributed by atoms with Crippen LogP contribution in [0.5, 0.6) is 11.5 Å². The molecule has 2 N–H and O–H groups in total. The van der Waals surface area contributed by atoms with Gasteiger partial charge >= 0.3 is 0 Å². The van der Waals surface area contributed by atoms with Crippen LogP contribution in [-0.4, -0.2) is 24.2 Å². The van der Waals surface area contributed by atoms with Crippen molar-refractivity contribution < 1.29 is 14.8 Å². The Morgan fingerprint density at radius 2 is 2.21 bits per heavy atom. The first-order valence-electron chi connectivity index (χ1n) is 3.83. The molecule has 0 bridgehead atoms. The van der Waals surface area contributed by atoms with Crippen LogP contribution >= 0.6 is 0 Å². The number of phenols is 1. The molecule has 0 radical (unpaired) electrons. The molecule has 0 saturated heterocycles. The molecule has 0 spiro atoms. The predicted octanol–water partition coefficient (Wildman–Crippen LogP) is 1.35. The Balaban J connectivity index is 3.31. The van der Waals surface area contributed by atoms with Crippen LogP contribution in [0.1, 0.15) is 0 Å². The summed E-state index contributed by atoms with van der Waals surface area (Å²) in [6.45, 7) is 0. The Kier molecular flexibility index (Phi) is 2.76. The van der Waals surface area contributed by atoms with Crippen LogP contribution < -0.4 is 10.1 Å². The quantitative estimate of drug-likeness (QED) is 0.435. The van der Waals surface area contributed by atoms with E-state index in [1.165, 1.54) is 13.2 Å². The molecule has 0 heterocycles. The van der Waals surface area contributed by atoms with Gasteiger partial charge < -0.3 is 15.2 Å². The summed E-state index contributed by atoms with van der Waals surface area (Å²) in [5, 5.41) is 22.5. The zero-order chi connectivity index (χ0) is 10.7. The Bertz CT molecular complexity index is 365. The Morgan fingerprint density at radius 1 is 1.57 bits per heavy atom. The average Bonchev–Trinajstić information content (AvgIpc) is 2.17. The largest absolute Gasteiger partial charge is 0.504 e. The zero-order valence-electron chi connectivity index (χ0n) is 7.77. The fraction of sp³-hybridized carbons (Fsp3) is 0.250. The molecule has 0 fully saturated rings. The molecule has 0 aliphatic rings. The second kappa shape index (κ2) is 3.82. The number of nitro benzene ring substituents is 1. The third-order valence-corrected chi connectivity index (χ3v) is 1.76. The van der Waals surface area contributed by atoms with Gasteiger partial charge in [-0.3, -0.25) is 10.1 Å². The minimum Gasteiger partial charge on any atom is -0.504 e. The fourth-order valence-electron chi connectivity index (χ4n) is 1.07. The highest BCUT2D eigenvalue weighted by Gasteiger charge is 2.17. The van der Waals surface area contributed by atoms with Crippen LogP contribution in [0.25, 0.3) is 0 Å². The van der Waals surface area contributed by atoms with Gasteiger partial charge in [0.2, 0.25) is 0 Å². The van der Waals surface area contributed by atoms with Crippen molar-refractivity contribution in [2.45, 2.75) is 0 Å². The van der Waals surface area contributed by atoms with E-state index in [1.807, 2.05) is 0 Å². The third-order valence-electron chi connectivity index (χ3n) is 1.76. The maximum atomic E-state index is 10.5. The van der Waals surface area contributed by atoms with E-state index in [0.717, 1.165) is 6.07 Å². The number of hydrogen-bond acceptors (Lipinski definition) is 5. The molecule has 6 heteroatoms. The van der Waals surface area contributed by atoms with E-state index >= 15 is 0 Å². The highest BCUT2D eigenvalue weighted by atomic mass is 16.6. The van der Waals surface area contributed by atoms with Gasteiger partial charge in [0.15, 0.2) is 11.5 Å². The fourth-order valence-corrected chi connectivity index (χ4v) is 1.07. The summed E-state index contributed by atoms with van der Waals surface area (Å²) in [4.78, 5) is 9.97. The molecule has 6 nitrogen and oxygen atoms in total. The van der Waals surface area contributed by atoms with Crippen molar-refractivity contribution in [3.05, 3.63) is 22.2 Å². The lowest BCUT2D eigenvalue weighted by atomic mass is 10.2. The summed E-state index contributed by atoms with van der Waals surface area (Å²) in [6, 6.07) is 2.41. The van der Waals surface area contributed by atoms with Gasteiger partial charge in [-0.2, -0.15) is 0 Å². The first-order chi connectivity index (χ1) is 6.60. The highest BCUT2D eigenvalue weighted by molar-refractivity contribution is 5.67. The summed E-state index contributed by atoms with van der Waals surface area (Å²) in [6.07, 6.45) is 0. The van der Waals surface area contributed by atoms with E-state index in [2.05, 4.69) is 5.32 Å². The summed E-state index contributed by atoms with van der Waals surface area (Å²) in [5.41, 5.74) is 0.107. The third kappa shape index (κ3) is 1.68. The van der Waals surface area contributed by atoms with E-state index in [-0.39, 0.29) is 17.2 Å². The number of nitrogens with one attached hydrogen (secondary N) is 1. The Hall–Kier alpha value is -1.98. The molecule has 0 amide bonds. The Morgan fingerprint density at radius 3 is 2.64 bits per heavy atom. The summed E-state index contributed by atoms with van der Waals surface area (Å²) in [7, 11) is 2.93. The number of aromatic hydroxyl groups is 1. The number of phenolic OH excluding ortho intramolecular Hbond substituents is 1. The van der Waals surface area contributed by atoms with Gasteiger partial charge in [-0.05, 0) is 0 Å². The molecule has 0 aromatic heterocycles. The zero-order valence-corrected chi connectivity index (χ0v) is 7.77. The smallest absolute Gasteiger partial charge is 0.296 e. The topological polar surface area (TPSA) is 84.6 Å². The maximum absolute atomic E-state index is 10.5. The number of methoxy groups -OCH3 is 1. The minimum absolute atomic E-state index is 0.189. The van der Waals surface area contributed by atoms with Crippen molar-refractivity contribution in [3.8, 4) is 11.5 Å². The number of hydrogen-bond donors (Lipinski definition) is 2. The van der Waals surface area contributed by atoms with Gasteiger partial charge in [-0.1, -0.05) is 0 Å². The number of rotatable bonds is 3. The molecule has 0 aliphatic heterocycles. The van der Waals surface area contributed by atoms with E-state index < -0.39 is 4.92 Å². The summed E-state index contributed by atoms with van der Waals surface area (Å²) < 4.78 is 4.81. The first-order valence-corrected chi connectivity index (χ1v) is 3.83. The van der Waals surface area contributed by atoms with Crippen LogP contribution in [0, 0.1) is 10.1 Å². The van der Waals surface area contributed by atoms with Gasteiger partial charge in [0.05, 0.1) is 18.1 Å². The lowest BCUT2D eigenvalue weighted by Crippen LogP contribution is -1.97. The van der Waals surface area contributed by atoms with Crippen molar-refractivity contribution >= 4 is 11.4 Å². The lowest BCUT2D eigenvalue weighted by molar-refractivity contribution is -0.384. The van der Waals surface area contributed by atoms with Crippen LogP contribution in [0.4, 0.5) is 11.4 Å². The van der Waals surface area contributed by atoms with Crippen LogP contribution in [0.2, 0.25) is 0 Å². The Labute approximate surface area is 80.3 Å². The number of anilines is 1. The molecule has 1 aromatic rings. The van der Waals surface area contributed by atoms with Crippen molar-refractivity contribution in [1.82, 2.24) is 0 Å². The molecular formula is C8H10N2O4. The molecule has 1 rings (SSSR count). The van der Waals surface area contributed by atoms with E-state index in [0.29, 0.717) is 5.69 Å². The van der Waals surface area contributed by atoms with Crippen LogP contribution in [0.15, 0.2) is 12.1 Å². The minimum atomic E-state index is -0.578. The standard InChI is InChI=1S/C8H10N2O4/c1-9-5-3-8(14-2)7(11)4-6(5)10(12)13/h3-4,9,11H,1-2H3. The number of nitro groups is 1. The normalized spacial score (nSPS) is 9.57. The highest BCUT2D eigenvalue weighted by Crippen LogP contribution is 2.36. The van der Waals surface area contributed by atoms with Crippen molar-refractivity contribution in [2.75, 3.05) is 19.5 Å². The molecule has 76 valence electrons. The van der Waals surface area contributed by atoms with Crippen LogP contribution in [0.3, 0.4) is 0 Å². The number of benzene rings is 1. The second-order valence-corrected chi connectivity index (χ2v) is 2.55. The van der Waals surface area contributed by atoms with Gasteiger partial charge in [0, 0.05) is 13.1 Å². The van der Waals surface area contributed by atoms with E-state index in [4.69, 9.17) is 4.74 Å². The van der Waals surface area contributed by atoms with Crippen molar-refractivity contribution in [3.63, 3.8) is 0 Å². The van der Waals surface area contributed by atoms with Gasteiger partial charge in [-0.15, -0.1) is 0 Å². The van der Waals surface area contributed by atoms with Crippen molar-refractivity contribution in [1.29, 1.82) is 0 Å². The number of ether oxygens (including phenoxy) is 1. The maximum Gasteiger partial charge on any atom is 0.296 e. The summed E-state index contributed by atoms with van der Waals surface area (Å²) >= 11 is 0. The van der Waals surface area contributed by atoms with E-state index in [9.17, 15) is 15.2 Å². The first kappa shape index (κ1) is 10.1. The molecule has 0 saturated carbocycles. The lowest BCUT2D eigenvalue weighted by Gasteiger charge is -2.06. The summed E-state index contributed by atoms with van der Waals surface area (Å²) in [5.74, 6) is -0.0573. The van der Waals surface area contributed by atoms with Gasteiger partial charge in [0.25, 0.3) is 5.69 Å². The van der Waals surface area contributed by atoms with Crippen molar-refractivity contribution in [2.24, 2.45) is 0 Å². The van der Waals surface area contributed by atoms with Gasteiger partial charge in [0.1, 0.15) is 5.69 Å². The molecular weight excluding hydrogens is 188 g/mol. The van der Waals surface area contributed by atoms with Gasteiger partial charge in [-0.25, -0.2) is 0 Å². The number of nitrogens with zero attached hydrogens (tertiary/aromatic N) is 1. The SMILES string of the molecule is CNc1cc(OC)c(O)cc1[N+](=O)[O-]. The predicted molar refractivity (Wildman–Crippen MR) is 50.9 cm³/mol. The van der Waals surface area contributed by atoms with E-state index in [1.54, 1.807) is 7.05 Å². The monoisotopic (exact) mass is 198 g/mol. The van der Waals surface area contributed by atoms with Crippen LogP contribution in [-0.2, 0) is 0 Å². The molecule has 0 aliphatic carbocycles. The molecule has 14 heavy (non-hydrogen) atoms. The average molecular weight is 198 g/mol. The second-order valence-electron chi connectivity index (χ2n) is 2.55.